The Labute approximate surface area is 140 Å². The van der Waals surface area contributed by atoms with Gasteiger partial charge in [0.15, 0.2) is 0 Å². The summed E-state index contributed by atoms with van der Waals surface area (Å²) in [7, 11) is 0. The molecule has 0 spiro atoms. The molecule has 0 N–H and O–H groups in total. The fourth-order valence-electron chi connectivity index (χ4n) is 3.07. The van der Waals surface area contributed by atoms with E-state index in [0.717, 1.165) is 34.9 Å². The van der Waals surface area contributed by atoms with Gasteiger partial charge in [-0.15, -0.1) is 0 Å². The van der Waals surface area contributed by atoms with E-state index in [-0.39, 0.29) is 0 Å². The zero-order chi connectivity index (χ0) is 15.8. The minimum Gasteiger partial charge on any atom is -0.301 e. The van der Waals surface area contributed by atoms with Crippen LogP contribution in [0.2, 0.25) is 5.02 Å². The van der Waals surface area contributed by atoms with Gasteiger partial charge in [-0.25, -0.2) is 0 Å². The van der Waals surface area contributed by atoms with Crippen LogP contribution < -0.4 is 4.90 Å². The first-order valence-corrected chi connectivity index (χ1v) is 8.02. The molecule has 0 unspecified atom stereocenters. The fraction of sp³-hybridized carbons (Fsp3) is 0.158. The van der Waals surface area contributed by atoms with Crippen LogP contribution in [0.25, 0.3) is 0 Å². The van der Waals surface area contributed by atoms with Crippen molar-refractivity contribution in [2.24, 2.45) is 9.98 Å². The summed E-state index contributed by atoms with van der Waals surface area (Å²) in [6, 6.07) is 16.2. The predicted molar refractivity (Wildman–Crippen MR) is 96.9 cm³/mol. The minimum absolute atomic E-state index is 0.571. The largest absolute Gasteiger partial charge is 0.301 e. The lowest BCUT2D eigenvalue weighted by Crippen LogP contribution is -2.33. The highest BCUT2D eigenvalue weighted by atomic mass is 35.5. The van der Waals surface area contributed by atoms with Crippen molar-refractivity contribution in [1.82, 2.24) is 0 Å². The highest BCUT2D eigenvalue weighted by Gasteiger charge is 2.26. The van der Waals surface area contributed by atoms with Crippen LogP contribution in [0.1, 0.15) is 18.1 Å². The Balaban J connectivity index is 1.96. The molecular formula is C19H16ClN3. The summed E-state index contributed by atoms with van der Waals surface area (Å²) in [5, 5.41) is 0.714. The fourth-order valence-corrected chi connectivity index (χ4v) is 3.24. The molecule has 0 radical (unpaired) electrons. The summed E-state index contributed by atoms with van der Waals surface area (Å²) in [6.07, 6.45) is 2.13. The topological polar surface area (TPSA) is 28.0 Å². The summed E-state index contributed by atoms with van der Waals surface area (Å²) in [6.45, 7) is 3.40. The standard InChI is InChI=1S/C19H16ClN3/c1-13-9-10-21-18-12-22-19(14-5-3-2-4-6-14)16-11-15(20)7-8-17(16)23(13)18/h2-9,11H,10,12H2,1H3. The molecule has 0 aromatic heterocycles. The van der Waals surface area contributed by atoms with Gasteiger partial charge in [0, 0.05) is 21.8 Å². The molecule has 4 rings (SSSR count). The van der Waals surface area contributed by atoms with Gasteiger partial charge in [0.1, 0.15) is 5.84 Å². The molecule has 0 atom stereocenters. The summed E-state index contributed by atoms with van der Waals surface area (Å²) >= 11 is 6.28. The molecule has 0 fully saturated rings. The zero-order valence-corrected chi connectivity index (χ0v) is 13.6. The van der Waals surface area contributed by atoms with E-state index in [0.29, 0.717) is 11.6 Å². The van der Waals surface area contributed by atoms with Gasteiger partial charge in [-0.2, -0.15) is 0 Å². The van der Waals surface area contributed by atoms with Crippen LogP contribution in [0.3, 0.4) is 0 Å². The van der Waals surface area contributed by atoms with Crippen molar-refractivity contribution in [1.29, 1.82) is 0 Å². The third-order valence-electron chi connectivity index (χ3n) is 4.15. The van der Waals surface area contributed by atoms with Crippen molar-refractivity contribution in [3.05, 3.63) is 76.5 Å². The number of hydrogen-bond acceptors (Lipinski definition) is 3. The second kappa shape index (κ2) is 5.67. The molecule has 0 saturated carbocycles. The molecule has 2 aliphatic heterocycles. The zero-order valence-electron chi connectivity index (χ0n) is 12.8. The Hall–Kier alpha value is -2.39. The Morgan fingerprint density at radius 3 is 2.70 bits per heavy atom. The summed E-state index contributed by atoms with van der Waals surface area (Å²) in [4.78, 5) is 11.7. The van der Waals surface area contributed by atoms with Crippen LogP contribution in [-0.4, -0.2) is 24.6 Å². The molecule has 3 nitrogen and oxygen atoms in total. The van der Waals surface area contributed by atoms with Crippen LogP contribution >= 0.6 is 11.6 Å². The molecule has 2 aromatic rings. The Morgan fingerprint density at radius 1 is 1.04 bits per heavy atom. The first-order chi connectivity index (χ1) is 11.2. The third-order valence-corrected chi connectivity index (χ3v) is 4.39. The molecule has 2 aliphatic rings. The molecule has 23 heavy (non-hydrogen) atoms. The molecule has 0 saturated heterocycles. The van der Waals surface area contributed by atoms with E-state index in [2.05, 4.69) is 41.1 Å². The highest BCUT2D eigenvalue weighted by molar-refractivity contribution is 6.32. The number of halogens is 1. The number of aliphatic imine (C=N–C) groups is 2. The van der Waals surface area contributed by atoms with Gasteiger partial charge in [0.05, 0.1) is 24.5 Å². The first kappa shape index (κ1) is 14.2. The second-order valence-electron chi connectivity index (χ2n) is 5.63. The van der Waals surface area contributed by atoms with Crippen molar-refractivity contribution < 1.29 is 0 Å². The second-order valence-corrected chi connectivity index (χ2v) is 6.07. The molecule has 2 aromatic carbocycles. The number of hydrogen-bond donors (Lipinski definition) is 0. The van der Waals surface area contributed by atoms with E-state index in [1.54, 1.807) is 0 Å². The van der Waals surface area contributed by atoms with Gasteiger partial charge in [-0.3, -0.25) is 9.98 Å². The van der Waals surface area contributed by atoms with E-state index in [9.17, 15) is 0 Å². The van der Waals surface area contributed by atoms with Crippen molar-refractivity contribution in [2.75, 3.05) is 18.0 Å². The van der Waals surface area contributed by atoms with Gasteiger partial charge < -0.3 is 4.90 Å². The van der Waals surface area contributed by atoms with Crippen LogP contribution in [0, 0.1) is 0 Å². The van der Waals surface area contributed by atoms with Crippen molar-refractivity contribution >= 4 is 28.8 Å². The Morgan fingerprint density at radius 2 is 1.87 bits per heavy atom. The van der Waals surface area contributed by atoms with E-state index in [1.165, 1.54) is 5.70 Å². The maximum absolute atomic E-state index is 6.28. The molecule has 0 aliphatic carbocycles. The highest BCUT2D eigenvalue weighted by Crippen LogP contribution is 2.32. The smallest absolute Gasteiger partial charge is 0.130 e. The van der Waals surface area contributed by atoms with Crippen molar-refractivity contribution in [3.63, 3.8) is 0 Å². The normalized spacial score (nSPS) is 16.6. The van der Waals surface area contributed by atoms with Crippen LogP contribution in [0.4, 0.5) is 5.69 Å². The molecule has 4 heteroatoms. The van der Waals surface area contributed by atoms with E-state index < -0.39 is 0 Å². The molecule has 0 bridgehead atoms. The van der Waals surface area contributed by atoms with Crippen molar-refractivity contribution in [2.45, 2.75) is 6.92 Å². The summed E-state index contributed by atoms with van der Waals surface area (Å²) in [5.74, 6) is 0.986. The maximum atomic E-state index is 6.28. The monoisotopic (exact) mass is 321 g/mol. The molecular weight excluding hydrogens is 306 g/mol. The lowest BCUT2D eigenvalue weighted by Gasteiger charge is -2.29. The minimum atomic E-state index is 0.571. The number of rotatable bonds is 1. The first-order valence-electron chi connectivity index (χ1n) is 7.64. The number of fused-ring (bicyclic) bond motifs is 3. The van der Waals surface area contributed by atoms with Gasteiger partial charge >= 0.3 is 0 Å². The number of anilines is 1. The van der Waals surface area contributed by atoms with Crippen LogP contribution in [-0.2, 0) is 0 Å². The lowest BCUT2D eigenvalue weighted by molar-refractivity contribution is 1.04. The van der Waals surface area contributed by atoms with E-state index in [1.807, 2.05) is 30.3 Å². The maximum Gasteiger partial charge on any atom is 0.130 e. The lowest BCUT2D eigenvalue weighted by atomic mass is 10.00. The molecule has 114 valence electrons. The Bertz CT molecular complexity index is 850. The van der Waals surface area contributed by atoms with Crippen molar-refractivity contribution in [3.8, 4) is 0 Å². The average molecular weight is 322 g/mol. The quantitative estimate of drug-likeness (QED) is 0.769. The van der Waals surface area contributed by atoms with Crippen LogP contribution in [0.5, 0.6) is 0 Å². The van der Waals surface area contributed by atoms with E-state index >= 15 is 0 Å². The molecule has 2 heterocycles. The average Bonchev–Trinajstić information content (AvgIpc) is 2.73. The number of amidine groups is 1. The number of allylic oxidation sites excluding steroid dienone is 1. The third kappa shape index (κ3) is 2.47. The predicted octanol–water partition coefficient (Wildman–Crippen LogP) is 4.31. The van der Waals surface area contributed by atoms with Gasteiger partial charge in [0.2, 0.25) is 0 Å². The summed E-state index contributed by atoms with van der Waals surface area (Å²) < 4.78 is 0. The summed E-state index contributed by atoms with van der Waals surface area (Å²) in [5.41, 5.74) is 5.37. The Kier molecular flexibility index (Phi) is 3.50. The molecule has 0 amide bonds. The number of benzene rings is 2. The van der Waals surface area contributed by atoms with Gasteiger partial charge in [-0.05, 0) is 31.2 Å². The SMILES string of the molecule is CC1=CCN=C2CN=C(c3ccccc3)c3cc(Cl)ccc3N12. The van der Waals surface area contributed by atoms with Gasteiger partial charge in [0.25, 0.3) is 0 Å². The van der Waals surface area contributed by atoms with E-state index in [4.69, 9.17) is 16.6 Å². The number of nitrogens with zero attached hydrogens (tertiary/aromatic N) is 3. The van der Waals surface area contributed by atoms with Gasteiger partial charge in [-0.1, -0.05) is 41.9 Å². The van der Waals surface area contributed by atoms with Crippen LogP contribution in [0.15, 0.2) is 70.3 Å².